The monoisotopic (exact) mass is 276 g/mol. The molecular formula is C14H20N4S. The number of aromatic nitrogens is 2. The summed E-state index contributed by atoms with van der Waals surface area (Å²) in [7, 11) is 2.07. The lowest BCUT2D eigenvalue weighted by Crippen LogP contribution is -2.23. The molecule has 1 aromatic heterocycles. The number of hydrogen-bond acceptors (Lipinski definition) is 3. The van der Waals surface area contributed by atoms with E-state index in [2.05, 4.69) is 48.2 Å². The van der Waals surface area contributed by atoms with Gasteiger partial charge in [-0.15, -0.1) is 0 Å². The third-order valence-electron chi connectivity index (χ3n) is 3.19. The van der Waals surface area contributed by atoms with E-state index in [0.29, 0.717) is 4.99 Å². The molecule has 0 radical (unpaired) electrons. The van der Waals surface area contributed by atoms with Crippen molar-refractivity contribution in [3.8, 4) is 0 Å². The predicted molar refractivity (Wildman–Crippen MR) is 83.1 cm³/mol. The van der Waals surface area contributed by atoms with E-state index in [4.69, 9.17) is 18.0 Å². The van der Waals surface area contributed by atoms with Gasteiger partial charge in [0.25, 0.3) is 0 Å². The molecule has 0 aliphatic rings. The van der Waals surface area contributed by atoms with Crippen molar-refractivity contribution in [2.45, 2.75) is 26.4 Å². The largest absolute Gasteiger partial charge is 0.393 e. The van der Waals surface area contributed by atoms with Gasteiger partial charge in [0, 0.05) is 31.4 Å². The van der Waals surface area contributed by atoms with Gasteiger partial charge in [0.2, 0.25) is 0 Å². The van der Waals surface area contributed by atoms with E-state index in [9.17, 15) is 0 Å². The Morgan fingerprint density at radius 1 is 1.42 bits per heavy atom. The molecule has 0 bridgehead atoms. The fourth-order valence-electron chi connectivity index (χ4n) is 2.19. The summed E-state index contributed by atoms with van der Waals surface area (Å²) in [4.78, 5) is 2.77. The van der Waals surface area contributed by atoms with E-state index in [1.54, 1.807) is 0 Å². The maximum absolute atomic E-state index is 5.54. The van der Waals surface area contributed by atoms with Gasteiger partial charge < -0.3 is 10.6 Å². The molecule has 5 heteroatoms. The van der Waals surface area contributed by atoms with Crippen LogP contribution in [0.5, 0.6) is 0 Å². The Bertz CT molecular complexity index is 576. The molecule has 2 aromatic rings. The van der Waals surface area contributed by atoms with Crippen LogP contribution < -0.4 is 5.73 Å². The molecule has 2 N–H and O–H groups in total. The number of nitrogens with two attached hydrogens (primary N) is 1. The molecule has 0 amide bonds. The third kappa shape index (κ3) is 3.30. The SMILES string of the molecule is CCn1nc(CN(C)CCC(N)=S)c2ccccc21. The molecule has 0 spiro atoms. The van der Waals surface area contributed by atoms with Crippen molar-refractivity contribution in [2.24, 2.45) is 5.73 Å². The molecule has 0 unspecified atom stereocenters. The highest BCUT2D eigenvalue weighted by atomic mass is 32.1. The van der Waals surface area contributed by atoms with Crippen LogP contribution in [-0.2, 0) is 13.1 Å². The Kier molecular flexibility index (Phi) is 4.50. The van der Waals surface area contributed by atoms with Gasteiger partial charge in [-0.25, -0.2) is 0 Å². The quantitative estimate of drug-likeness (QED) is 0.821. The molecule has 0 saturated heterocycles. The van der Waals surface area contributed by atoms with E-state index in [0.717, 1.165) is 31.7 Å². The Hall–Kier alpha value is -1.46. The zero-order valence-corrected chi connectivity index (χ0v) is 12.3. The molecular weight excluding hydrogens is 256 g/mol. The van der Waals surface area contributed by atoms with E-state index < -0.39 is 0 Å². The van der Waals surface area contributed by atoms with Gasteiger partial charge in [0.05, 0.1) is 16.2 Å². The van der Waals surface area contributed by atoms with Gasteiger partial charge in [0.15, 0.2) is 0 Å². The van der Waals surface area contributed by atoms with Crippen LogP contribution in [0.1, 0.15) is 19.0 Å². The first kappa shape index (κ1) is 14.0. The minimum Gasteiger partial charge on any atom is -0.393 e. The van der Waals surface area contributed by atoms with Gasteiger partial charge in [-0.05, 0) is 20.0 Å². The van der Waals surface area contributed by atoms with Crippen molar-refractivity contribution in [1.82, 2.24) is 14.7 Å². The number of hydrogen-bond donors (Lipinski definition) is 1. The van der Waals surface area contributed by atoms with E-state index in [1.807, 2.05) is 4.68 Å². The zero-order chi connectivity index (χ0) is 13.8. The number of thiocarbonyl (C=S) groups is 1. The van der Waals surface area contributed by atoms with Crippen molar-refractivity contribution >= 4 is 28.1 Å². The normalized spacial score (nSPS) is 11.3. The molecule has 0 atom stereocenters. The van der Waals surface area contributed by atoms with Crippen LogP contribution in [0.3, 0.4) is 0 Å². The van der Waals surface area contributed by atoms with Crippen LogP contribution in [0, 0.1) is 0 Å². The lowest BCUT2D eigenvalue weighted by molar-refractivity contribution is 0.332. The maximum Gasteiger partial charge on any atom is 0.0843 e. The van der Waals surface area contributed by atoms with Crippen LogP contribution in [-0.4, -0.2) is 33.3 Å². The Morgan fingerprint density at radius 2 is 2.16 bits per heavy atom. The Morgan fingerprint density at radius 3 is 2.84 bits per heavy atom. The van der Waals surface area contributed by atoms with Crippen molar-refractivity contribution in [3.05, 3.63) is 30.0 Å². The van der Waals surface area contributed by atoms with E-state index in [1.165, 1.54) is 10.9 Å². The average molecular weight is 276 g/mol. The summed E-state index contributed by atoms with van der Waals surface area (Å²) < 4.78 is 2.05. The van der Waals surface area contributed by atoms with E-state index in [-0.39, 0.29) is 0 Å². The first-order chi connectivity index (χ1) is 9.11. The van der Waals surface area contributed by atoms with Gasteiger partial charge in [-0.2, -0.15) is 5.10 Å². The zero-order valence-electron chi connectivity index (χ0n) is 11.5. The highest BCUT2D eigenvalue weighted by molar-refractivity contribution is 7.80. The third-order valence-corrected chi connectivity index (χ3v) is 3.40. The number of para-hydroxylation sites is 1. The van der Waals surface area contributed by atoms with Crippen molar-refractivity contribution in [3.63, 3.8) is 0 Å². The summed E-state index contributed by atoms with van der Waals surface area (Å²) in [6, 6.07) is 8.36. The standard InChI is InChI=1S/C14H20N4S/c1-3-18-13-7-5-4-6-11(13)12(16-18)10-17(2)9-8-14(15)19/h4-7H,3,8-10H2,1-2H3,(H2,15,19). The fourth-order valence-corrected chi connectivity index (χ4v) is 2.28. The molecule has 1 heterocycles. The van der Waals surface area contributed by atoms with Crippen molar-refractivity contribution in [1.29, 1.82) is 0 Å². The van der Waals surface area contributed by atoms with Gasteiger partial charge in [-0.1, -0.05) is 30.4 Å². The summed E-state index contributed by atoms with van der Waals surface area (Å²) in [6.07, 6.45) is 0.748. The summed E-state index contributed by atoms with van der Waals surface area (Å²) in [5, 5.41) is 5.91. The first-order valence-electron chi connectivity index (χ1n) is 6.53. The second kappa shape index (κ2) is 6.12. The Labute approximate surface area is 119 Å². The molecule has 0 fully saturated rings. The first-order valence-corrected chi connectivity index (χ1v) is 6.94. The predicted octanol–water partition coefficient (Wildman–Crippen LogP) is 2.16. The number of benzene rings is 1. The molecule has 0 saturated carbocycles. The minimum absolute atomic E-state index is 0.566. The Balaban J connectivity index is 2.18. The second-order valence-corrected chi connectivity index (χ2v) is 5.26. The van der Waals surface area contributed by atoms with Crippen LogP contribution >= 0.6 is 12.2 Å². The maximum atomic E-state index is 5.54. The molecule has 4 nitrogen and oxygen atoms in total. The number of rotatable bonds is 6. The average Bonchev–Trinajstić information content (AvgIpc) is 2.75. The molecule has 0 aliphatic carbocycles. The number of fused-ring (bicyclic) bond motifs is 1. The van der Waals surface area contributed by atoms with Gasteiger partial charge >= 0.3 is 0 Å². The summed E-state index contributed by atoms with van der Waals surface area (Å²) in [6.45, 7) is 4.68. The fraction of sp³-hybridized carbons (Fsp3) is 0.429. The molecule has 2 rings (SSSR count). The summed E-state index contributed by atoms with van der Waals surface area (Å²) >= 11 is 4.91. The van der Waals surface area contributed by atoms with Crippen LogP contribution in [0.2, 0.25) is 0 Å². The molecule has 0 aliphatic heterocycles. The van der Waals surface area contributed by atoms with Crippen LogP contribution in [0.4, 0.5) is 0 Å². The van der Waals surface area contributed by atoms with Crippen LogP contribution in [0.15, 0.2) is 24.3 Å². The van der Waals surface area contributed by atoms with Gasteiger partial charge in [0.1, 0.15) is 0 Å². The molecule has 19 heavy (non-hydrogen) atoms. The topological polar surface area (TPSA) is 47.1 Å². The lowest BCUT2D eigenvalue weighted by atomic mass is 10.2. The number of aryl methyl sites for hydroxylation is 1. The van der Waals surface area contributed by atoms with Crippen LogP contribution in [0.25, 0.3) is 10.9 Å². The van der Waals surface area contributed by atoms with E-state index >= 15 is 0 Å². The summed E-state index contributed by atoms with van der Waals surface area (Å²) in [5.74, 6) is 0. The highest BCUT2D eigenvalue weighted by Gasteiger charge is 2.11. The molecule has 102 valence electrons. The van der Waals surface area contributed by atoms with Crippen molar-refractivity contribution in [2.75, 3.05) is 13.6 Å². The van der Waals surface area contributed by atoms with Gasteiger partial charge in [-0.3, -0.25) is 4.68 Å². The minimum atomic E-state index is 0.566. The second-order valence-electron chi connectivity index (χ2n) is 4.73. The summed E-state index contributed by atoms with van der Waals surface area (Å²) in [5.41, 5.74) is 7.85. The van der Waals surface area contributed by atoms with Crippen molar-refractivity contribution < 1.29 is 0 Å². The lowest BCUT2D eigenvalue weighted by Gasteiger charge is -2.14. The highest BCUT2D eigenvalue weighted by Crippen LogP contribution is 2.19. The molecule has 1 aromatic carbocycles. The number of nitrogens with zero attached hydrogens (tertiary/aromatic N) is 3. The smallest absolute Gasteiger partial charge is 0.0843 e.